The van der Waals surface area contributed by atoms with E-state index in [0.29, 0.717) is 22.4 Å². The van der Waals surface area contributed by atoms with E-state index in [1.54, 1.807) is 18.2 Å². The lowest BCUT2D eigenvalue weighted by atomic mass is 10.1. The summed E-state index contributed by atoms with van der Waals surface area (Å²) < 4.78 is 6.61. The fourth-order valence-corrected chi connectivity index (χ4v) is 2.92. The molecule has 7 heteroatoms. The molecule has 0 radical (unpaired) electrons. The van der Waals surface area contributed by atoms with Gasteiger partial charge in [0, 0.05) is 22.2 Å². The maximum absolute atomic E-state index is 12.2. The predicted octanol–water partition coefficient (Wildman–Crippen LogP) is 4.22. The number of rotatable bonds is 5. The van der Waals surface area contributed by atoms with Crippen LogP contribution in [0.5, 0.6) is 0 Å². The number of hydrogen-bond acceptors (Lipinski definition) is 5. The van der Waals surface area contributed by atoms with Gasteiger partial charge in [0.2, 0.25) is 11.7 Å². The second-order valence-corrected chi connectivity index (χ2v) is 6.72. The standard InChI is InChI=1S/C21H17ClN4O2/c1-2-14-3-5-15(6-4-14)18-11-12-20(27)26(24-18)13-19-23-21(25-28-19)16-7-9-17(22)10-8-16/h3-12H,2,13H2,1H3. The van der Waals surface area contributed by atoms with Crippen LogP contribution in [-0.4, -0.2) is 19.9 Å². The maximum atomic E-state index is 12.2. The molecule has 0 spiro atoms. The number of halogens is 1. The largest absolute Gasteiger partial charge is 0.337 e. The Hall–Kier alpha value is -3.25. The van der Waals surface area contributed by atoms with Gasteiger partial charge in [-0.2, -0.15) is 10.1 Å². The Morgan fingerprint density at radius 3 is 2.39 bits per heavy atom. The molecule has 0 amide bonds. The highest BCUT2D eigenvalue weighted by Gasteiger charge is 2.11. The van der Waals surface area contributed by atoms with Gasteiger partial charge in [-0.05, 0) is 42.3 Å². The molecule has 0 aliphatic carbocycles. The molecule has 0 saturated heterocycles. The van der Waals surface area contributed by atoms with Crippen LogP contribution < -0.4 is 5.56 Å². The van der Waals surface area contributed by atoms with Crippen LogP contribution in [0.4, 0.5) is 0 Å². The molecule has 0 unspecified atom stereocenters. The monoisotopic (exact) mass is 392 g/mol. The highest BCUT2D eigenvalue weighted by molar-refractivity contribution is 6.30. The van der Waals surface area contributed by atoms with Gasteiger partial charge in [0.15, 0.2) is 0 Å². The van der Waals surface area contributed by atoms with E-state index in [1.807, 2.05) is 24.3 Å². The Bertz CT molecular complexity index is 1150. The first kappa shape index (κ1) is 18.1. The minimum atomic E-state index is -0.236. The van der Waals surface area contributed by atoms with Crippen LogP contribution in [0.3, 0.4) is 0 Å². The van der Waals surface area contributed by atoms with E-state index in [9.17, 15) is 4.79 Å². The van der Waals surface area contributed by atoms with E-state index in [2.05, 4.69) is 34.3 Å². The van der Waals surface area contributed by atoms with Crippen LogP contribution in [0.25, 0.3) is 22.6 Å². The summed E-state index contributed by atoms with van der Waals surface area (Å²) in [5.41, 5.74) is 3.44. The number of nitrogens with zero attached hydrogens (tertiary/aromatic N) is 4. The Kier molecular flexibility index (Phi) is 5.04. The summed E-state index contributed by atoms with van der Waals surface area (Å²) in [4.78, 5) is 16.6. The van der Waals surface area contributed by atoms with E-state index >= 15 is 0 Å². The molecule has 0 fully saturated rings. The number of aryl methyl sites for hydroxylation is 1. The van der Waals surface area contributed by atoms with Crippen molar-refractivity contribution in [1.82, 2.24) is 19.9 Å². The van der Waals surface area contributed by atoms with Crippen molar-refractivity contribution in [3.05, 3.63) is 87.5 Å². The van der Waals surface area contributed by atoms with Crippen molar-refractivity contribution < 1.29 is 4.52 Å². The van der Waals surface area contributed by atoms with Gasteiger partial charge in [-0.25, -0.2) is 4.68 Å². The molecule has 0 saturated carbocycles. The smallest absolute Gasteiger partial charge is 0.267 e. The number of aromatic nitrogens is 4. The molecule has 0 bridgehead atoms. The molecular formula is C21H17ClN4O2. The van der Waals surface area contributed by atoms with E-state index in [1.165, 1.54) is 16.3 Å². The van der Waals surface area contributed by atoms with E-state index in [0.717, 1.165) is 17.5 Å². The van der Waals surface area contributed by atoms with Crippen LogP contribution in [-0.2, 0) is 13.0 Å². The first-order valence-electron chi connectivity index (χ1n) is 8.88. The highest BCUT2D eigenvalue weighted by atomic mass is 35.5. The molecule has 4 aromatic rings. The first-order valence-corrected chi connectivity index (χ1v) is 9.26. The Balaban J connectivity index is 1.59. The molecule has 140 valence electrons. The molecule has 2 aromatic carbocycles. The van der Waals surface area contributed by atoms with Crippen molar-refractivity contribution in [2.45, 2.75) is 19.9 Å². The van der Waals surface area contributed by atoms with E-state index in [-0.39, 0.29) is 12.1 Å². The summed E-state index contributed by atoms with van der Waals surface area (Å²) in [5.74, 6) is 0.740. The normalized spacial score (nSPS) is 10.9. The van der Waals surface area contributed by atoms with Gasteiger partial charge in [0.1, 0.15) is 6.54 Å². The summed E-state index contributed by atoms with van der Waals surface area (Å²) in [6.07, 6.45) is 0.973. The quantitative estimate of drug-likeness (QED) is 0.508. The maximum Gasteiger partial charge on any atom is 0.267 e. The van der Waals surface area contributed by atoms with Gasteiger partial charge < -0.3 is 4.52 Å². The Labute approximate surface area is 166 Å². The lowest BCUT2D eigenvalue weighted by molar-refractivity contribution is 0.363. The topological polar surface area (TPSA) is 73.8 Å². The molecule has 4 rings (SSSR count). The summed E-state index contributed by atoms with van der Waals surface area (Å²) >= 11 is 5.90. The third kappa shape index (κ3) is 3.87. The fourth-order valence-electron chi connectivity index (χ4n) is 2.79. The van der Waals surface area contributed by atoms with Crippen molar-refractivity contribution >= 4 is 11.6 Å². The minimum Gasteiger partial charge on any atom is -0.337 e. The van der Waals surface area contributed by atoms with Crippen LogP contribution >= 0.6 is 11.6 Å². The van der Waals surface area contributed by atoms with Crippen molar-refractivity contribution in [2.75, 3.05) is 0 Å². The van der Waals surface area contributed by atoms with Crippen molar-refractivity contribution in [1.29, 1.82) is 0 Å². The molecule has 0 N–H and O–H groups in total. The van der Waals surface area contributed by atoms with Crippen molar-refractivity contribution in [3.63, 3.8) is 0 Å². The van der Waals surface area contributed by atoms with Gasteiger partial charge in [-0.3, -0.25) is 4.79 Å². The predicted molar refractivity (Wildman–Crippen MR) is 107 cm³/mol. The molecule has 2 aromatic heterocycles. The summed E-state index contributed by atoms with van der Waals surface area (Å²) in [5, 5.41) is 9.05. The zero-order chi connectivity index (χ0) is 19.5. The summed E-state index contributed by atoms with van der Waals surface area (Å²) in [6.45, 7) is 2.20. The number of hydrogen-bond donors (Lipinski definition) is 0. The number of benzene rings is 2. The van der Waals surface area contributed by atoms with Crippen molar-refractivity contribution in [3.8, 4) is 22.6 Å². The van der Waals surface area contributed by atoms with Gasteiger partial charge in [0.25, 0.3) is 5.56 Å². The Morgan fingerprint density at radius 1 is 0.964 bits per heavy atom. The lowest BCUT2D eigenvalue weighted by Gasteiger charge is -2.06. The second-order valence-electron chi connectivity index (χ2n) is 6.28. The SMILES string of the molecule is CCc1ccc(-c2ccc(=O)n(Cc3nc(-c4ccc(Cl)cc4)no3)n2)cc1. The zero-order valence-electron chi connectivity index (χ0n) is 15.2. The molecule has 6 nitrogen and oxygen atoms in total. The summed E-state index contributed by atoms with van der Waals surface area (Å²) in [6, 6.07) is 18.5. The Morgan fingerprint density at radius 2 is 1.68 bits per heavy atom. The van der Waals surface area contributed by atoms with E-state index < -0.39 is 0 Å². The third-order valence-corrected chi connectivity index (χ3v) is 4.63. The lowest BCUT2D eigenvalue weighted by Crippen LogP contribution is -2.23. The van der Waals surface area contributed by atoms with Crippen LogP contribution in [0.1, 0.15) is 18.4 Å². The van der Waals surface area contributed by atoms with Gasteiger partial charge >= 0.3 is 0 Å². The van der Waals surface area contributed by atoms with E-state index in [4.69, 9.17) is 16.1 Å². The highest BCUT2D eigenvalue weighted by Crippen LogP contribution is 2.19. The van der Waals surface area contributed by atoms with Crippen LogP contribution in [0, 0.1) is 0 Å². The molecule has 28 heavy (non-hydrogen) atoms. The molecular weight excluding hydrogens is 376 g/mol. The molecule has 0 aliphatic heterocycles. The molecule has 0 aliphatic rings. The van der Waals surface area contributed by atoms with Crippen LogP contribution in [0.2, 0.25) is 5.02 Å². The van der Waals surface area contributed by atoms with Gasteiger partial charge in [0.05, 0.1) is 5.69 Å². The third-order valence-electron chi connectivity index (χ3n) is 4.38. The molecule has 2 heterocycles. The zero-order valence-corrected chi connectivity index (χ0v) is 15.9. The molecule has 0 atom stereocenters. The van der Waals surface area contributed by atoms with Gasteiger partial charge in [-0.15, -0.1) is 0 Å². The average Bonchev–Trinajstić information content (AvgIpc) is 3.19. The van der Waals surface area contributed by atoms with Crippen LogP contribution in [0.15, 0.2) is 70.0 Å². The first-order chi connectivity index (χ1) is 13.6. The second kappa shape index (κ2) is 7.78. The average molecular weight is 393 g/mol. The summed E-state index contributed by atoms with van der Waals surface area (Å²) in [7, 11) is 0. The van der Waals surface area contributed by atoms with Gasteiger partial charge in [-0.1, -0.05) is 47.9 Å². The van der Waals surface area contributed by atoms with Crippen molar-refractivity contribution in [2.24, 2.45) is 0 Å². The minimum absolute atomic E-state index is 0.0975. The fraction of sp³-hybridized carbons (Fsp3) is 0.143.